The molecule has 0 spiro atoms. The summed E-state index contributed by atoms with van der Waals surface area (Å²) in [5.74, 6) is -9.52. The van der Waals surface area contributed by atoms with Crippen LogP contribution in [0.2, 0.25) is 0 Å². The summed E-state index contributed by atoms with van der Waals surface area (Å²) in [5.41, 5.74) is 16.0. The van der Waals surface area contributed by atoms with E-state index < -0.39 is 127 Å². The van der Waals surface area contributed by atoms with Crippen molar-refractivity contribution in [3.8, 4) is 0 Å². The maximum absolute atomic E-state index is 13.0. The van der Waals surface area contributed by atoms with E-state index in [1.54, 1.807) is 27.7 Å². The van der Waals surface area contributed by atoms with Gasteiger partial charge < -0.3 is 64.4 Å². The van der Waals surface area contributed by atoms with Gasteiger partial charge in [-0.25, -0.2) is 0 Å². The highest BCUT2D eigenvalue weighted by atomic mass is 16.4. The Balaban J connectivity index is 5.44. The lowest BCUT2D eigenvalue weighted by atomic mass is 10.0. The third-order valence-corrected chi connectivity index (χ3v) is 7.16. The molecule has 0 aliphatic carbocycles. The number of carbonyl (C=O) groups excluding carboxylic acids is 8. The summed E-state index contributed by atoms with van der Waals surface area (Å²) in [6.45, 7) is 5.87. The van der Waals surface area contributed by atoms with Crippen molar-refractivity contribution in [2.45, 2.75) is 103 Å². The molecule has 0 saturated heterocycles. The van der Waals surface area contributed by atoms with E-state index in [0.717, 1.165) is 0 Å². The van der Waals surface area contributed by atoms with Crippen molar-refractivity contribution in [1.82, 2.24) is 31.9 Å². The van der Waals surface area contributed by atoms with Crippen LogP contribution >= 0.6 is 0 Å². The first-order chi connectivity index (χ1) is 23.1. The molecule has 21 nitrogen and oxygen atoms in total. The number of aliphatic carboxylic acids is 1. The average Bonchev–Trinajstić information content (AvgIpc) is 3.01. The average molecular weight is 718 g/mol. The lowest BCUT2D eigenvalue weighted by Crippen LogP contribution is -2.60. The highest BCUT2D eigenvalue weighted by Gasteiger charge is 2.34. The van der Waals surface area contributed by atoms with Gasteiger partial charge in [0.2, 0.25) is 47.3 Å². The van der Waals surface area contributed by atoms with Crippen LogP contribution < -0.4 is 49.1 Å². The number of aliphatic hydroxyl groups excluding tert-OH is 2. The fraction of sp³-hybridized carbons (Fsp3) is 0.690. The van der Waals surface area contributed by atoms with Crippen molar-refractivity contribution in [3.63, 3.8) is 0 Å². The third-order valence-electron chi connectivity index (χ3n) is 7.16. The van der Waals surface area contributed by atoms with Gasteiger partial charge in [-0.15, -0.1) is 0 Å². The number of nitrogens with two attached hydrogens (primary N) is 3. The van der Waals surface area contributed by atoms with Gasteiger partial charge in [-0.05, 0) is 31.6 Å². The van der Waals surface area contributed by atoms with Gasteiger partial charge in [-0.3, -0.25) is 43.2 Å². The van der Waals surface area contributed by atoms with E-state index in [2.05, 4.69) is 31.9 Å². The molecular weight excluding hydrogens is 666 g/mol. The molecule has 0 aromatic carbocycles. The first kappa shape index (κ1) is 45.1. The fourth-order valence-corrected chi connectivity index (χ4v) is 4.19. The van der Waals surface area contributed by atoms with Gasteiger partial charge in [0.05, 0.1) is 25.3 Å². The van der Waals surface area contributed by atoms with E-state index in [1.807, 2.05) is 0 Å². The Morgan fingerprint density at radius 1 is 0.620 bits per heavy atom. The largest absolute Gasteiger partial charge is 0.481 e. The number of amides is 8. The lowest BCUT2D eigenvalue weighted by Gasteiger charge is -2.27. The van der Waals surface area contributed by atoms with Crippen LogP contribution in [-0.2, 0) is 43.2 Å². The first-order valence-corrected chi connectivity index (χ1v) is 15.7. The van der Waals surface area contributed by atoms with Crippen molar-refractivity contribution in [2.75, 3.05) is 13.2 Å². The van der Waals surface area contributed by atoms with Crippen molar-refractivity contribution in [3.05, 3.63) is 0 Å². The van der Waals surface area contributed by atoms with Crippen LogP contribution in [0.3, 0.4) is 0 Å². The summed E-state index contributed by atoms with van der Waals surface area (Å²) in [5, 5.41) is 42.4. The van der Waals surface area contributed by atoms with Gasteiger partial charge in [0.25, 0.3) is 0 Å². The molecule has 0 bridgehead atoms. The number of carbonyl (C=O) groups is 9. The van der Waals surface area contributed by atoms with Gasteiger partial charge in [-0.2, -0.15) is 0 Å². The van der Waals surface area contributed by atoms with E-state index >= 15 is 0 Å². The predicted molar refractivity (Wildman–Crippen MR) is 174 cm³/mol. The summed E-state index contributed by atoms with van der Waals surface area (Å²) < 4.78 is 0. The van der Waals surface area contributed by atoms with Crippen LogP contribution in [-0.4, -0.2) is 124 Å². The maximum atomic E-state index is 13.0. The molecule has 0 saturated carbocycles. The molecule has 8 amide bonds. The Hall–Kier alpha value is -4.89. The van der Waals surface area contributed by atoms with Gasteiger partial charge in [0, 0.05) is 12.8 Å². The molecular formula is C29H51N9O12. The van der Waals surface area contributed by atoms with Crippen molar-refractivity contribution in [1.29, 1.82) is 0 Å². The molecule has 284 valence electrons. The minimum Gasteiger partial charge on any atom is -0.481 e. The zero-order chi connectivity index (χ0) is 38.9. The number of carboxylic acid groups (broad SMARTS) is 1. The number of aliphatic hydroxyl groups is 2. The predicted octanol–water partition coefficient (Wildman–Crippen LogP) is -5.85. The zero-order valence-corrected chi connectivity index (χ0v) is 28.7. The Kier molecular flexibility index (Phi) is 19.8. The number of hydrogen-bond acceptors (Lipinski definition) is 12. The summed E-state index contributed by atoms with van der Waals surface area (Å²) in [6.07, 6.45) is -2.59. The molecule has 0 aromatic rings. The molecule has 21 heteroatoms. The van der Waals surface area contributed by atoms with Crippen LogP contribution in [0.15, 0.2) is 0 Å². The molecule has 0 aliphatic rings. The SMILES string of the molecule is CC(C)[C@H](NC(=O)CNC(=O)[C@@H](NC(=O)[C@@H](NC(=O)[C@@H](N)CCC(=O)O)[C@@H](C)O)C(C)C)C(=O)N[C@@H](CO)C(=O)N[C@@H](CCC(N)=O)C(N)=O. The Labute approximate surface area is 288 Å². The lowest BCUT2D eigenvalue weighted by molar-refractivity contribution is -0.138. The molecule has 0 unspecified atom stereocenters. The quantitative estimate of drug-likeness (QED) is 0.0469. The van der Waals surface area contributed by atoms with E-state index in [4.69, 9.17) is 22.3 Å². The maximum Gasteiger partial charge on any atom is 0.303 e. The standard InChI is InChI=1S/C29H51N9O12/c1-12(2)21(37-29(50)23(14(5)40)38-25(46)15(30)6-9-20(43)44)27(48)33-10-19(42)36-22(13(3)4)28(49)35-17(11-39)26(47)34-16(24(32)45)7-8-18(31)41/h12-17,21-23,39-40H,6-11,30H2,1-5H3,(H2,31,41)(H2,32,45)(H,33,48)(H,34,47)(H,35,49)(H,36,42)(H,37,50)(H,38,46)(H,43,44)/t14-,15+,16+,17+,21+,22+,23+/m1/s1. The van der Waals surface area contributed by atoms with E-state index in [1.165, 1.54) is 6.92 Å². The molecule has 0 aromatic heterocycles. The monoisotopic (exact) mass is 717 g/mol. The molecule has 50 heavy (non-hydrogen) atoms. The Bertz CT molecular complexity index is 1240. The summed E-state index contributed by atoms with van der Waals surface area (Å²) >= 11 is 0. The number of carboxylic acids is 1. The second-order valence-electron chi connectivity index (χ2n) is 12.2. The second kappa shape index (κ2) is 22.0. The minimum absolute atomic E-state index is 0.219. The third kappa shape index (κ3) is 16.5. The molecule has 0 rings (SSSR count). The topological polar surface area (TPSA) is 365 Å². The highest BCUT2D eigenvalue weighted by molar-refractivity contribution is 5.96. The minimum atomic E-state index is -1.58. The van der Waals surface area contributed by atoms with Gasteiger partial charge >= 0.3 is 5.97 Å². The number of primary amides is 2. The van der Waals surface area contributed by atoms with Crippen LogP contribution in [0.5, 0.6) is 0 Å². The van der Waals surface area contributed by atoms with Crippen LogP contribution in [0, 0.1) is 11.8 Å². The molecule has 0 heterocycles. The van der Waals surface area contributed by atoms with E-state index in [-0.39, 0.29) is 19.3 Å². The van der Waals surface area contributed by atoms with Crippen LogP contribution in [0.25, 0.3) is 0 Å². The Morgan fingerprint density at radius 2 is 1.12 bits per heavy atom. The zero-order valence-electron chi connectivity index (χ0n) is 28.7. The molecule has 0 radical (unpaired) electrons. The van der Waals surface area contributed by atoms with Crippen LogP contribution in [0.1, 0.15) is 60.3 Å². The van der Waals surface area contributed by atoms with Gasteiger partial charge in [0.15, 0.2) is 0 Å². The number of rotatable bonds is 23. The highest BCUT2D eigenvalue weighted by Crippen LogP contribution is 2.06. The van der Waals surface area contributed by atoms with Crippen molar-refractivity contribution >= 4 is 53.2 Å². The second-order valence-corrected chi connectivity index (χ2v) is 12.2. The molecule has 0 aliphatic heterocycles. The van der Waals surface area contributed by atoms with Gasteiger partial charge in [0.1, 0.15) is 30.2 Å². The summed E-state index contributed by atoms with van der Waals surface area (Å²) in [6, 6.07) is -8.31. The number of nitrogens with one attached hydrogen (secondary N) is 6. The molecule has 7 atom stereocenters. The van der Waals surface area contributed by atoms with E-state index in [0.29, 0.717) is 0 Å². The van der Waals surface area contributed by atoms with Crippen LogP contribution in [0.4, 0.5) is 0 Å². The van der Waals surface area contributed by atoms with Crippen molar-refractivity contribution in [2.24, 2.45) is 29.0 Å². The molecule has 15 N–H and O–H groups in total. The Morgan fingerprint density at radius 3 is 1.58 bits per heavy atom. The normalized spacial score (nSPS) is 15.2. The van der Waals surface area contributed by atoms with Crippen molar-refractivity contribution < 1.29 is 58.5 Å². The fourth-order valence-electron chi connectivity index (χ4n) is 4.19. The van der Waals surface area contributed by atoms with Gasteiger partial charge in [-0.1, -0.05) is 27.7 Å². The first-order valence-electron chi connectivity index (χ1n) is 15.7. The number of hydrogen-bond donors (Lipinski definition) is 12. The molecule has 0 fully saturated rings. The smallest absolute Gasteiger partial charge is 0.303 e. The van der Waals surface area contributed by atoms with E-state index in [9.17, 15) is 53.4 Å². The summed E-state index contributed by atoms with van der Waals surface area (Å²) in [7, 11) is 0. The summed E-state index contributed by atoms with van der Waals surface area (Å²) in [4.78, 5) is 110.